The Hall–Kier alpha value is -2.77. The molecular weight excluding hydrogens is 315 g/mol. The quantitative estimate of drug-likeness (QED) is 0.905. The Labute approximate surface area is 128 Å². The average Bonchev–Trinajstić information content (AvgIpc) is 2.49. The van der Waals surface area contributed by atoms with Crippen LogP contribution in [0.1, 0.15) is 15.9 Å². The van der Waals surface area contributed by atoms with Crippen molar-refractivity contribution in [1.29, 1.82) is 0 Å². The number of hydrogen-bond acceptors (Lipinski definition) is 3. The van der Waals surface area contributed by atoms with Gasteiger partial charge in [0.05, 0.1) is 7.11 Å². The van der Waals surface area contributed by atoms with E-state index < -0.39 is 30.2 Å². The minimum absolute atomic E-state index is 0.0445. The van der Waals surface area contributed by atoms with Crippen LogP contribution < -0.4 is 10.1 Å². The summed E-state index contributed by atoms with van der Waals surface area (Å²) in [5.74, 6) is -2.37. The summed E-state index contributed by atoms with van der Waals surface area (Å²) in [5, 5.41) is 10.6. The molecule has 0 heterocycles. The highest BCUT2D eigenvalue weighted by Gasteiger charge is 2.36. The third kappa shape index (κ3) is 3.36. The van der Waals surface area contributed by atoms with Crippen LogP contribution in [0.4, 0.5) is 13.2 Å². The summed E-state index contributed by atoms with van der Waals surface area (Å²) in [6.45, 7) is -0.627. The highest BCUT2D eigenvalue weighted by molar-refractivity contribution is 6.08. The molecule has 8 heteroatoms. The second-order valence-corrected chi connectivity index (χ2v) is 4.62. The van der Waals surface area contributed by atoms with Gasteiger partial charge in [-0.3, -0.25) is 9.59 Å². The molecule has 0 radical (unpaired) electrons. The van der Waals surface area contributed by atoms with Crippen molar-refractivity contribution >= 4 is 22.6 Å². The Morgan fingerprint density at radius 3 is 2.43 bits per heavy atom. The lowest BCUT2D eigenvalue weighted by Gasteiger charge is -2.16. The fourth-order valence-electron chi connectivity index (χ4n) is 2.25. The number of aliphatic carboxylic acids is 1. The summed E-state index contributed by atoms with van der Waals surface area (Å²) in [6, 6.07) is 6.31. The van der Waals surface area contributed by atoms with E-state index in [-0.39, 0.29) is 22.1 Å². The number of carboxylic acids is 1. The van der Waals surface area contributed by atoms with Gasteiger partial charge in [-0.15, -0.1) is 0 Å². The number of halogens is 3. The molecule has 0 aromatic heterocycles. The molecule has 0 bridgehead atoms. The van der Waals surface area contributed by atoms with Gasteiger partial charge in [-0.1, -0.05) is 12.1 Å². The summed E-state index contributed by atoms with van der Waals surface area (Å²) in [7, 11) is 1.12. The third-order valence-corrected chi connectivity index (χ3v) is 3.17. The summed E-state index contributed by atoms with van der Waals surface area (Å²) in [4.78, 5) is 22.5. The van der Waals surface area contributed by atoms with Crippen LogP contribution in [-0.2, 0) is 11.0 Å². The van der Waals surface area contributed by atoms with Crippen LogP contribution >= 0.6 is 0 Å². The molecule has 0 fully saturated rings. The van der Waals surface area contributed by atoms with Gasteiger partial charge in [0.15, 0.2) is 0 Å². The van der Waals surface area contributed by atoms with Gasteiger partial charge in [0, 0.05) is 5.56 Å². The smallest absolute Gasteiger partial charge is 0.420 e. The zero-order chi connectivity index (χ0) is 17.2. The van der Waals surface area contributed by atoms with Gasteiger partial charge in [-0.2, -0.15) is 13.2 Å². The van der Waals surface area contributed by atoms with Crippen molar-refractivity contribution in [2.24, 2.45) is 0 Å². The maximum atomic E-state index is 13.3. The topological polar surface area (TPSA) is 75.6 Å². The van der Waals surface area contributed by atoms with E-state index in [1.165, 1.54) is 24.3 Å². The van der Waals surface area contributed by atoms with E-state index in [2.05, 4.69) is 5.32 Å². The van der Waals surface area contributed by atoms with Gasteiger partial charge in [0.1, 0.15) is 17.9 Å². The SMILES string of the molecule is COc1ccc2c(C(=O)NCC(=O)O)cccc2c1C(F)(F)F. The summed E-state index contributed by atoms with van der Waals surface area (Å²) in [6.07, 6.45) is -4.67. The highest BCUT2D eigenvalue weighted by Crippen LogP contribution is 2.41. The molecule has 0 spiro atoms. The van der Waals surface area contributed by atoms with Crippen molar-refractivity contribution in [3.63, 3.8) is 0 Å². The van der Waals surface area contributed by atoms with Crippen molar-refractivity contribution in [2.75, 3.05) is 13.7 Å². The molecule has 0 aliphatic carbocycles. The number of alkyl halides is 3. The molecule has 0 aliphatic heterocycles. The van der Waals surface area contributed by atoms with Crippen molar-refractivity contribution in [3.05, 3.63) is 41.5 Å². The van der Waals surface area contributed by atoms with Gasteiger partial charge >= 0.3 is 12.1 Å². The second-order valence-electron chi connectivity index (χ2n) is 4.62. The Morgan fingerprint density at radius 2 is 1.87 bits per heavy atom. The number of ether oxygens (including phenoxy) is 1. The molecular formula is C15H12F3NO4. The summed E-state index contributed by atoms with van der Waals surface area (Å²) < 4.78 is 44.6. The first kappa shape index (κ1) is 16.6. The predicted octanol–water partition coefficient (Wildman–Crippen LogP) is 2.68. The fourth-order valence-corrected chi connectivity index (χ4v) is 2.25. The van der Waals surface area contributed by atoms with E-state index in [0.29, 0.717) is 0 Å². The standard InChI is InChI=1S/C15H12F3NO4/c1-23-11-6-5-8-9(13(11)15(16,17)18)3-2-4-10(8)14(22)19-7-12(20)21/h2-6H,7H2,1H3,(H,19,22)(H,20,21). The van der Waals surface area contributed by atoms with Crippen LogP contribution in [0, 0.1) is 0 Å². The first-order chi connectivity index (χ1) is 10.8. The van der Waals surface area contributed by atoms with E-state index in [1.54, 1.807) is 0 Å². The molecule has 1 amide bonds. The van der Waals surface area contributed by atoms with Gasteiger partial charge in [0.2, 0.25) is 0 Å². The molecule has 0 atom stereocenters. The summed E-state index contributed by atoms with van der Waals surface area (Å²) in [5.41, 5.74) is -1.03. The van der Waals surface area contributed by atoms with Crippen LogP contribution in [0.3, 0.4) is 0 Å². The van der Waals surface area contributed by atoms with Crippen molar-refractivity contribution < 1.29 is 32.6 Å². The Morgan fingerprint density at radius 1 is 1.17 bits per heavy atom. The molecule has 2 aromatic carbocycles. The van der Waals surface area contributed by atoms with Crippen LogP contribution in [-0.4, -0.2) is 30.6 Å². The fraction of sp³-hybridized carbons (Fsp3) is 0.200. The monoisotopic (exact) mass is 327 g/mol. The number of rotatable bonds is 4. The van der Waals surface area contributed by atoms with Crippen LogP contribution in [0.5, 0.6) is 5.75 Å². The van der Waals surface area contributed by atoms with E-state index >= 15 is 0 Å². The van der Waals surface area contributed by atoms with Gasteiger partial charge < -0.3 is 15.2 Å². The molecule has 122 valence electrons. The lowest BCUT2D eigenvalue weighted by atomic mass is 9.98. The number of benzene rings is 2. The van der Waals surface area contributed by atoms with Gasteiger partial charge in [-0.05, 0) is 29.0 Å². The van der Waals surface area contributed by atoms with E-state index in [4.69, 9.17) is 9.84 Å². The van der Waals surface area contributed by atoms with Gasteiger partial charge in [0.25, 0.3) is 5.91 Å². The first-order valence-corrected chi connectivity index (χ1v) is 6.42. The number of fused-ring (bicyclic) bond motifs is 1. The van der Waals surface area contributed by atoms with Crippen LogP contribution in [0.2, 0.25) is 0 Å². The largest absolute Gasteiger partial charge is 0.496 e. The molecule has 0 saturated carbocycles. The van der Waals surface area contributed by atoms with Crippen molar-refractivity contribution in [2.45, 2.75) is 6.18 Å². The van der Waals surface area contributed by atoms with Crippen molar-refractivity contribution in [3.8, 4) is 5.75 Å². The average molecular weight is 327 g/mol. The molecule has 5 nitrogen and oxygen atoms in total. The predicted molar refractivity (Wildman–Crippen MR) is 75.5 cm³/mol. The van der Waals surface area contributed by atoms with E-state index in [1.807, 2.05) is 0 Å². The maximum absolute atomic E-state index is 13.3. The highest BCUT2D eigenvalue weighted by atomic mass is 19.4. The molecule has 23 heavy (non-hydrogen) atoms. The molecule has 0 aliphatic rings. The number of nitrogens with one attached hydrogen (secondary N) is 1. The van der Waals surface area contributed by atoms with Crippen molar-refractivity contribution in [1.82, 2.24) is 5.32 Å². The lowest BCUT2D eigenvalue weighted by molar-refractivity contribution is -0.137. The maximum Gasteiger partial charge on any atom is 0.420 e. The Bertz CT molecular complexity index is 771. The second kappa shape index (κ2) is 6.15. The van der Waals surface area contributed by atoms with E-state index in [9.17, 15) is 22.8 Å². The number of methoxy groups -OCH3 is 1. The number of carbonyl (C=O) groups excluding carboxylic acids is 1. The third-order valence-electron chi connectivity index (χ3n) is 3.17. The minimum atomic E-state index is -4.67. The molecule has 0 saturated heterocycles. The van der Waals surface area contributed by atoms with E-state index in [0.717, 1.165) is 13.2 Å². The number of carbonyl (C=O) groups is 2. The number of hydrogen-bond donors (Lipinski definition) is 2. The van der Waals surface area contributed by atoms with Gasteiger partial charge in [-0.25, -0.2) is 0 Å². The molecule has 2 N–H and O–H groups in total. The normalized spacial score (nSPS) is 11.3. The molecule has 0 unspecified atom stereocenters. The minimum Gasteiger partial charge on any atom is -0.496 e. The Kier molecular flexibility index (Phi) is 4.44. The van der Waals surface area contributed by atoms with Crippen LogP contribution in [0.15, 0.2) is 30.3 Å². The Balaban J connectivity index is 2.63. The zero-order valence-corrected chi connectivity index (χ0v) is 11.9. The molecule has 2 rings (SSSR count). The number of carboxylic acid groups (broad SMARTS) is 1. The zero-order valence-electron chi connectivity index (χ0n) is 11.9. The number of amides is 1. The summed E-state index contributed by atoms with van der Waals surface area (Å²) >= 11 is 0. The first-order valence-electron chi connectivity index (χ1n) is 6.42. The molecule has 2 aromatic rings. The lowest BCUT2D eigenvalue weighted by Crippen LogP contribution is -2.29. The van der Waals surface area contributed by atoms with Crippen LogP contribution in [0.25, 0.3) is 10.8 Å².